The van der Waals surface area contributed by atoms with Crippen molar-refractivity contribution < 1.29 is 19.1 Å². The van der Waals surface area contributed by atoms with Gasteiger partial charge in [0, 0.05) is 28.3 Å². The van der Waals surface area contributed by atoms with Gasteiger partial charge in [0.05, 0.1) is 11.6 Å². The van der Waals surface area contributed by atoms with Crippen molar-refractivity contribution >= 4 is 34.2 Å². The van der Waals surface area contributed by atoms with Gasteiger partial charge in [-0.05, 0) is 61.1 Å². The van der Waals surface area contributed by atoms with Crippen LogP contribution >= 0.6 is 11.3 Å². The zero-order valence-corrected chi connectivity index (χ0v) is 22.0. The molecule has 37 heavy (non-hydrogen) atoms. The largest absolute Gasteiger partial charge is 0.461 e. The lowest BCUT2D eigenvalue weighted by molar-refractivity contribution is -0.149. The number of anilines is 2. The van der Waals surface area contributed by atoms with Gasteiger partial charge in [0.1, 0.15) is 17.6 Å². The zero-order valence-electron chi connectivity index (χ0n) is 21.2. The molecule has 1 aromatic heterocycles. The summed E-state index contributed by atoms with van der Waals surface area (Å²) in [6, 6.07) is 16.5. The average molecular weight is 518 g/mol. The molecule has 3 aromatic rings. The first-order chi connectivity index (χ1) is 17.8. The van der Waals surface area contributed by atoms with Gasteiger partial charge >= 0.3 is 12.0 Å². The van der Waals surface area contributed by atoms with Crippen LogP contribution in [0.25, 0.3) is 0 Å². The van der Waals surface area contributed by atoms with Crippen molar-refractivity contribution in [2.24, 2.45) is 23.2 Å². The number of thiazole rings is 1. The summed E-state index contributed by atoms with van der Waals surface area (Å²) in [5, 5.41) is 6.38. The normalized spacial score (nSPS) is 29.9. The highest BCUT2D eigenvalue weighted by Crippen LogP contribution is 2.59. The molecule has 1 aliphatic heterocycles. The molecule has 1 saturated heterocycles. The van der Waals surface area contributed by atoms with Crippen molar-refractivity contribution in [1.82, 2.24) is 4.98 Å². The Bertz CT molecular complexity index is 1320. The molecular formula is C29H31N3O4S. The van der Waals surface area contributed by atoms with E-state index in [2.05, 4.69) is 24.5 Å². The number of hydrogen-bond acceptors (Lipinski definition) is 6. The van der Waals surface area contributed by atoms with E-state index in [0.29, 0.717) is 22.5 Å². The van der Waals surface area contributed by atoms with Gasteiger partial charge in [0.25, 0.3) is 0 Å². The van der Waals surface area contributed by atoms with Crippen LogP contribution in [0.3, 0.4) is 0 Å². The topological polar surface area (TPSA) is 89.5 Å². The van der Waals surface area contributed by atoms with Gasteiger partial charge in [-0.25, -0.2) is 9.78 Å². The monoisotopic (exact) mass is 517 g/mol. The van der Waals surface area contributed by atoms with E-state index in [-0.39, 0.29) is 41.3 Å². The quantitative estimate of drug-likeness (QED) is 0.370. The molecule has 0 radical (unpaired) electrons. The highest BCUT2D eigenvalue weighted by atomic mass is 32.1. The molecule has 2 aliphatic carbocycles. The second kappa shape index (κ2) is 9.17. The third kappa shape index (κ3) is 4.37. The number of esters is 1. The maximum absolute atomic E-state index is 12.7. The molecule has 2 amide bonds. The fraction of sp³-hybridized carbons (Fsp3) is 0.414. The Labute approximate surface area is 220 Å². The lowest BCUT2D eigenvalue weighted by Gasteiger charge is -2.51. The Morgan fingerprint density at radius 2 is 1.78 bits per heavy atom. The SMILES string of the molecule is C[C@@H]1C(=O)O[C@H]2[C@H]1CC[C@]1(C)Cc3sc(NC(=O)Nc4ccc(Oc5ccccc5)cc4)nc3[C@@H](C)[C@H]21. The van der Waals surface area contributed by atoms with Crippen molar-refractivity contribution in [2.45, 2.75) is 52.1 Å². The first-order valence-electron chi connectivity index (χ1n) is 12.9. The number of hydrogen-bond donors (Lipinski definition) is 2. The zero-order chi connectivity index (χ0) is 25.7. The van der Waals surface area contributed by atoms with Gasteiger partial charge in [0.15, 0.2) is 5.13 Å². The predicted molar refractivity (Wildman–Crippen MR) is 143 cm³/mol. The molecule has 2 heterocycles. The smallest absolute Gasteiger partial charge is 0.325 e. The van der Waals surface area contributed by atoms with Gasteiger partial charge in [-0.15, -0.1) is 11.3 Å². The molecule has 3 aliphatic rings. The fourth-order valence-electron chi connectivity index (χ4n) is 6.62. The van der Waals surface area contributed by atoms with E-state index in [1.165, 1.54) is 4.88 Å². The molecule has 2 aromatic carbocycles. The van der Waals surface area contributed by atoms with Crippen LogP contribution in [0.5, 0.6) is 11.5 Å². The number of ether oxygens (including phenoxy) is 2. The third-order valence-electron chi connectivity index (χ3n) is 8.47. The number of fused-ring (bicyclic) bond motifs is 4. The van der Waals surface area contributed by atoms with E-state index in [1.807, 2.05) is 49.4 Å². The molecule has 192 valence electrons. The Hall–Kier alpha value is -3.39. The maximum atomic E-state index is 12.7. The molecule has 6 rings (SSSR count). The van der Waals surface area contributed by atoms with Crippen LogP contribution in [0.15, 0.2) is 54.6 Å². The lowest BCUT2D eigenvalue weighted by atomic mass is 9.54. The van der Waals surface area contributed by atoms with Gasteiger partial charge in [0.2, 0.25) is 0 Å². The number of urea groups is 1. The second-order valence-electron chi connectivity index (χ2n) is 10.9. The molecule has 8 heteroatoms. The number of benzene rings is 2. The van der Waals surface area contributed by atoms with E-state index in [9.17, 15) is 9.59 Å². The molecule has 1 saturated carbocycles. The fourth-order valence-corrected chi connectivity index (χ4v) is 7.88. The first-order valence-corrected chi connectivity index (χ1v) is 13.7. The molecule has 0 spiro atoms. The van der Waals surface area contributed by atoms with E-state index in [4.69, 9.17) is 14.5 Å². The molecule has 0 bridgehead atoms. The van der Waals surface area contributed by atoms with E-state index < -0.39 is 0 Å². The number of nitrogens with zero attached hydrogens (tertiary/aromatic N) is 1. The number of nitrogens with one attached hydrogen (secondary N) is 2. The minimum Gasteiger partial charge on any atom is -0.461 e. The van der Waals surface area contributed by atoms with Gasteiger partial charge < -0.3 is 14.8 Å². The van der Waals surface area contributed by atoms with Gasteiger partial charge in [-0.3, -0.25) is 10.1 Å². The number of amides is 2. The van der Waals surface area contributed by atoms with Crippen molar-refractivity contribution in [3.05, 3.63) is 65.2 Å². The maximum Gasteiger partial charge on any atom is 0.325 e. The summed E-state index contributed by atoms with van der Waals surface area (Å²) in [6.45, 7) is 6.53. The first kappa shape index (κ1) is 24.0. The van der Waals surface area contributed by atoms with Crippen LogP contribution in [0.1, 0.15) is 50.1 Å². The molecule has 2 fully saturated rings. The van der Waals surface area contributed by atoms with Crippen molar-refractivity contribution in [2.75, 3.05) is 10.6 Å². The molecular weight excluding hydrogens is 486 g/mol. The lowest BCUT2D eigenvalue weighted by Crippen LogP contribution is -2.50. The van der Waals surface area contributed by atoms with Crippen LogP contribution in [0.2, 0.25) is 0 Å². The number of rotatable bonds is 4. The molecule has 6 atom stereocenters. The summed E-state index contributed by atoms with van der Waals surface area (Å²) in [7, 11) is 0. The van der Waals surface area contributed by atoms with E-state index in [0.717, 1.165) is 30.7 Å². The third-order valence-corrected chi connectivity index (χ3v) is 9.46. The van der Waals surface area contributed by atoms with Crippen LogP contribution in [0.4, 0.5) is 15.6 Å². The average Bonchev–Trinajstić information content (AvgIpc) is 3.39. The number of aromatic nitrogens is 1. The van der Waals surface area contributed by atoms with Crippen LogP contribution in [0, 0.1) is 23.2 Å². The van der Waals surface area contributed by atoms with Gasteiger partial charge in [-0.1, -0.05) is 39.0 Å². The Morgan fingerprint density at radius 1 is 1.05 bits per heavy atom. The van der Waals surface area contributed by atoms with E-state index in [1.54, 1.807) is 23.5 Å². The molecule has 0 unspecified atom stereocenters. The summed E-state index contributed by atoms with van der Waals surface area (Å²) < 4.78 is 11.7. The van der Waals surface area contributed by atoms with Crippen LogP contribution in [-0.4, -0.2) is 23.1 Å². The summed E-state index contributed by atoms with van der Waals surface area (Å²) in [5.74, 6) is 2.06. The highest BCUT2D eigenvalue weighted by molar-refractivity contribution is 7.15. The number of carbonyl (C=O) groups is 2. The van der Waals surface area contributed by atoms with Crippen molar-refractivity contribution in [1.29, 1.82) is 0 Å². The van der Waals surface area contributed by atoms with Crippen molar-refractivity contribution in [3.63, 3.8) is 0 Å². The van der Waals surface area contributed by atoms with Crippen LogP contribution < -0.4 is 15.4 Å². The second-order valence-corrected chi connectivity index (χ2v) is 12.0. The van der Waals surface area contributed by atoms with Crippen molar-refractivity contribution in [3.8, 4) is 11.5 Å². The van der Waals surface area contributed by atoms with Gasteiger partial charge in [-0.2, -0.15) is 0 Å². The van der Waals surface area contributed by atoms with Crippen LogP contribution in [-0.2, 0) is 16.0 Å². The summed E-state index contributed by atoms with van der Waals surface area (Å²) in [5.41, 5.74) is 1.75. The predicted octanol–water partition coefficient (Wildman–Crippen LogP) is 6.83. The Balaban J connectivity index is 1.13. The Morgan fingerprint density at radius 3 is 2.54 bits per heavy atom. The Kier molecular flexibility index (Phi) is 5.94. The number of para-hydroxylation sites is 1. The van der Waals surface area contributed by atoms with E-state index >= 15 is 0 Å². The standard InChI is InChI=1S/C29H31N3O4S/c1-16-21-13-14-29(3)15-22-24(17(2)23(29)25(21)36-26(16)33)31-28(37-22)32-27(34)30-18-9-11-20(12-10-18)35-19-7-5-4-6-8-19/h4-12,16-17,21,23,25H,13-15H2,1-3H3,(H2,30,31,32,34)/t16-,17-,21-,23+,25-,29+/m0/s1. The number of carbonyl (C=O) groups excluding carboxylic acids is 2. The summed E-state index contributed by atoms with van der Waals surface area (Å²) in [4.78, 5) is 31.2. The molecule has 2 N–H and O–H groups in total. The minimum atomic E-state index is -0.335. The highest BCUT2D eigenvalue weighted by Gasteiger charge is 2.58. The summed E-state index contributed by atoms with van der Waals surface area (Å²) >= 11 is 1.55. The molecule has 7 nitrogen and oxygen atoms in total. The summed E-state index contributed by atoms with van der Waals surface area (Å²) in [6.07, 6.45) is 2.96. The minimum absolute atomic E-state index is 0.0292.